The lowest BCUT2D eigenvalue weighted by molar-refractivity contribution is -0.132. The van der Waals surface area contributed by atoms with Gasteiger partial charge in [0.2, 0.25) is 5.91 Å². The van der Waals surface area contributed by atoms with Gasteiger partial charge in [-0.15, -0.1) is 12.4 Å². The van der Waals surface area contributed by atoms with Gasteiger partial charge in [-0.3, -0.25) is 14.7 Å². The molecule has 0 unspecified atom stereocenters. The number of rotatable bonds is 4. The van der Waals surface area contributed by atoms with Crippen LogP contribution in [-0.2, 0) is 24.2 Å². The first-order chi connectivity index (χ1) is 13.6. The highest BCUT2D eigenvalue weighted by Gasteiger charge is 2.22. The molecule has 4 rings (SSSR count). The number of halogens is 1. The fourth-order valence-electron chi connectivity index (χ4n) is 3.70. The van der Waals surface area contributed by atoms with Crippen molar-refractivity contribution in [3.8, 4) is 0 Å². The van der Waals surface area contributed by atoms with Gasteiger partial charge in [-0.2, -0.15) is 5.10 Å². The van der Waals surface area contributed by atoms with Crippen molar-refractivity contribution in [2.75, 3.05) is 45.1 Å². The summed E-state index contributed by atoms with van der Waals surface area (Å²) in [5.74, 6) is -0.104. The van der Waals surface area contributed by atoms with E-state index in [1.54, 1.807) is 0 Å². The summed E-state index contributed by atoms with van der Waals surface area (Å²) in [6, 6.07) is 7.48. The molecule has 8 nitrogen and oxygen atoms in total. The normalized spacial score (nSPS) is 16.7. The molecule has 0 aliphatic carbocycles. The van der Waals surface area contributed by atoms with Crippen molar-refractivity contribution in [1.82, 2.24) is 25.3 Å². The number of carbonyl (C=O) groups is 2. The molecule has 1 fully saturated rings. The summed E-state index contributed by atoms with van der Waals surface area (Å²) in [5, 5.41) is 13.3. The second-order valence-corrected chi connectivity index (χ2v) is 7.47. The fourth-order valence-corrected chi connectivity index (χ4v) is 3.70. The maximum absolute atomic E-state index is 12.7. The Kier molecular flexibility index (Phi) is 6.89. The zero-order valence-corrected chi connectivity index (χ0v) is 17.3. The van der Waals surface area contributed by atoms with Crippen LogP contribution >= 0.6 is 12.4 Å². The van der Waals surface area contributed by atoms with Crippen molar-refractivity contribution in [3.05, 3.63) is 46.8 Å². The monoisotopic (exact) mass is 418 g/mol. The predicted octanol–water partition coefficient (Wildman–Crippen LogP) is 1.05. The minimum atomic E-state index is -0.233. The zero-order chi connectivity index (χ0) is 19.5. The second-order valence-electron chi connectivity index (χ2n) is 7.47. The average Bonchev–Trinajstić information content (AvgIpc) is 3.13. The van der Waals surface area contributed by atoms with Crippen LogP contribution in [0.3, 0.4) is 0 Å². The average molecular weight is 419 g/mol. The SMILES string of the molecule is CN1CCN(C(=O)Cc2cccc(NC(=O)c3n[nH]c4c3CNCC4)c2)CC1.Cl. The van der Waals surface area contributed by atoms with Crippen LogP contribution in [-0.4, -0.2) is 71.6 Å². The molecular formula is C20H27ClN6O2. The highest BCUT2D eigenvalue weighted by Crippen LogP contribution is 2.18. The maximum Gasteiger partial charge on any atom is 0.276 e. The molecule has 3 heterocycles. The Labute approximate surface area is 176 Å². The van der Waals surface area contributed by atoms with Gasteiger partial charge in [-0.25, -0.2) is 0 Å². The van der Waals surface area contributed by atoms with E-state index in [-0.39, 0.29) is 24.2 Å². The summed E-state index contributed by atoms with van der Waals surface area (Å²) >= 11 is 0. The standard InChI is InChI=1S/C20H26N6O2.ClH/c1-25-7-9-26(10-8-25)18(27)12-14-3-2-4-15(11-14)22-20(28)19-16-13-21-6-5-17(16)23-24-19;/h2-4,11,21H,5-10,12-13H2,1H3,(H,22,28)(H,23,24);1H. The van der Waals surface area contributed by atoms with E-state index in [2.05, 4.69) is 32.8 Å². The number of anilines is 1. The van der Waals surface area contributed by atoms with Crippen LogP contribution in [0.15, 0.2) is 24.3 Å². The number of benzene rings is 1. The van der Waals surface area contributed by atoms with Crippen LogP contribution in [0.2, 0.25) is 0 Å². The molecule has 2 aliphatic rings. The van der Waals surface area contributed by atoms with Crippen LogP contribution in [0.5, 0.6) is 0 Å². The minimum Gasteiger partial charge on any atom is -0.340 e. The van der Waals surface area contributed by atoms with Gasteiger partial charge in [0.15, 0.2) is 5.69 Å². The Hall–Kier alpha value is -2.42. The summed E-state index contributed by atoms with van der Waals surface area (Å²) in [6.07, 6.45) is 1.19. The predicted molar refractivity (Wildman–Crippen MR) is 113 cm³/mol. The van der Waals surface area contributed by atoms with Gasteiger partial charge in [0.05, 0.1) is 6.42 Å². The van der Waals surface area contributed by atoms with Crippen molar-refractivity contribution in [2.24, 2.45) is 0 Å². The lowest BCUT2D eigenvalue weighted by atomic mass is 10.1. The number of aromatic nitrogens is 2. The van der Waals surface area contributed by atoms with E-state index in [9.17, 15) is 9.59 Å². The van der Waals surface area contributed by atoms with E-state index in [1.165, 1.54) is 0 Å². The number of hydrogen-bond acceptors (Lipinski definition) is 5. The molecule has 0 atom stereocenters. The van der Waals surface area contributed by atoms with E-state index in [0.717, 1.165) is 56.0 Å². The Morgan fingerprint density at radius 1 is 1.21 bits per heavy atom. The number of aromatic amines is 1. The summed E-state index contributed by atoms with van der Waals surface area (Å²) in [6.45, 7) is 4.89. The molecule has 2 amide bonds. The van der Waals surface area contributed by atoms with Crippen molar-refractivity contribution >= 4 is 29.9 Å². The maximum atomic E-state index is 12.7. The van der Waals surface area contributed by atoms with Crippen LogP contribution in [0, 0.1) is 0 Å². The second kappa shape index (κ2) is 9.39. The fraction of sp³-hybridized carbons (Fsp3) is 0.450. The van der Waals surface area contributed by atoms with E-state index < -0.39 is 0 Å². The summed E-state index contributed by atoms with van der Waals surface area (Å²) in [4.78, 5) is 29.3. The number of likely N-dealkylation sites (N-methyl/N-ethyl adjacent to an activating group) is 1. The third-order valence-electron chi connectivity index (χ3n) is 5.42. The first kappa shape index (κ1) is 21.3. The zero-order valence-electron chi connectivity index (χ0n) is 16.5. The molecule has 9 heteroatoms. The lowest BCUT2D eigenvalue weighted by Crippen LogP contribution is -2.47. The van der Waals surface area contributed by atoms with Gasteiger partial charge in [0.25, 0.3) is 5.91 Å². The highest BCUT2D eigenvalue weighted by atomic mass is 35.5. The van der Waals surface area contributed by atoms with Crippen molar-refractivity contribution < 1.29 is 9.59 Å². The third kappa shape index (κ3) is 4.95. The molecule has 2 aromatic rings. The Bertz CT molecular complexity index is 876. The number of H-pyrrole nitrogens is 1. The van der Waals surface area contributed by atoms with Gasteiger partial charge >= 0.3 is 0 Å². The number of hydrogen-bond donors (Lipinski definition) is 3. The van der Waals surface area contributed by atoms with Crippen LogP contribution in [0.1, 0.15) is 27.3 Å². The van der Waals surface area contributed by atoms with Crippen LogP contribution in [0.4, 0.5) is 5.69 Å². The molecule has 2 aliphatic heterocycles. The van der Waals surface area contributed by atoms with Gasteiger partial charge in [-0.1, -0.05) is 12.1 Å². The molecule has 1 aromatic carbocycles. The number of amides is 2. The first-order valence-corrected chi connectivity index (χ1v) is 9.73. The molecule has 0 saturated carbocycles. The first-order valence-electron chi connectivity index (χ1n) is 9.73. The Balaban J connectivity index is 0.00000240. The third-order valence-corrected chi connectivity index (χ3v) is 5.42. The van der Waals surface area contributed by atoms with Crippen molar-refractivity contribution in [2.45, 2.75) is 19.4 Å². The molecule has 29 heavy (non-hydrogen) atoms. The van der Waals surface area contributed by atoms with Crippen molar-refractivity contribution in [3.63, 3.8) is 0 Å². The van der Waals surface area contributed by atoms with Crippen molar-refractivity contribution in [1.29, 1.82) is 0 Å². The highest BCUT2D eigenvalue weighted by molar-refractivity contribution is 6.04. The molecule has 0 radical (unpaired) electrons. The topological polar surface area (TPSA) is 93.4 Å². The summed E-state index contributed by atoms with van der Waals surface area (Å²) < 4.78 is 0. The van der Waals surface area contributed by atoms with E-state index >= 15 is 0 Å². The van der Waals surface area contributed by atoms with E-state index in [1.807, 2.05) is 29.2 Å². The van der Waals surface area contributed by atoms with E-state index in [0.29, 0.717) is 24.3 Å². The molecule has 0 spiro atoms. The Morgan fingerprint density at radius 3 is 2.79 bits per heavy atom. The lowest BCUT2D eigenvalue weighted by Gasteiger charge is -2.32. The van der Waals surface area contributed by atoms with Gasteiger partial charge in [-0.05, 0) is 24.7 Å². The van der Waals surface area contributed by atoms with Gasteiger partial charge in [0, 0.05) is 62.6 Å². The smallest absolute Gasteiger partial charge is 0.276 e. The number of fused-ring (bicyclic) bond motifs is 1. The van der Waals surface area contributed by atoms with Gasteiger partial charge in [0.1, 0.15) is 0 Å². The number of carbonyl (C=O) groups excluding carboxylic acids is 2. The summed E-state index contributed by atoms with van der Waals surface area (Å²) in [7, 11) is 2.07. The number of nitrogens with zero attached hydrogens (tertiary/aromatic N) is 3. The van der Waals surface area contributed by atoms with Crippen LogP contribution in [0.25, 0.3) is 0 Å². The molecule has 156 valence electrons. The Morgan fingerprint density at radius 2 is 2.00 bits per heavy atom. The largest absolute Gasteiger partial charge is 0.340 e. The van der Waals surface area contributed by atoms with Crippen LogP contribution < -0.4 is 10.6 Å². The number of piperazine rings is 1. The molecule has 0 bridgehead atoms. The number of nitrogens with one attached hydrogen (secondary N) is 3. The quantitative estimate of drug-likeness (QED) is 0.690. The molecule has 1 saturated heterocycles. The van der Waals surface area contributed by atoms with E-state index in [4.69, 9.17) is 0 Å². The molecular weight excluding hydrogens is 392 g/mol. The van der Waals surface area contributed by atoms with Gasteiger partial charge < -0.3 is 20.4 Å². The molecule has 3 N–H and O–H groups in total. The minimum absolute atomic E-state index is 0. The summed E-state index contributed by atoms with van der Waals surface area (Å²) in [5.41, 5.74) is 3.96. The molecule has 1 aromatic heterocycles.